The molecule has 4 heteroatoms. The normalized spacial score (nSPS) is 10.1. The van der Waals surface area contributed by atoms with E-state index >= 15 is 0 Å². The number of hydrogen-bond donors (Lipinski definition) is 0. The number of rotatable bonds is 5. The lowest BCUT2D eigenvalue weighted by Gasteiger charge is -2.17. The molecule has 0 N–H and O–H groups in total. The molecule has 0 bridgehead atoms. The van der Waals surface area contributed by atoms with Gasteiger partial charge in [0.25, 0.3) is 0 Å². The second kappa shape index (κ2) is 6.64. The summed E-state index contributed by atoms with van der Waals surface area (Å²) in [5.74, 6) is 0.958. The molecule has 0 atom stereocenters. The second-order valence-corrected chi connectivity index (χ2v) is 4.63. The summed E-state index contributed by atoms with van der Waals surface area (Å²) < 4.78 is 5.67. The van der Waals surface area contributed by atoms with Crippen LogP contribution in [0.2, 0.25) is 0 Å². The molecular weight excluding hydrogens is 282 g/mol. The third-order valence-corrected chi connectivity index (χ3v) is 3.05. The number of amides is 1. The van der Waals surface area contributed by atoms with Crippen LogP contribution in [0, 0.1) is 13.8 Å². The Kier molecular flexibility index (Phi) is 5.48. The number of carbonyl (C=O) groups excluding carboxylic acids is 1. The lowest BCUT2D eigenvalue weighted by atomic mass is 10.1. The van der Waals surface area contributed by atoms with Gasteiger partial charge in [0, 0.05) is 7.05 Å². The number of carbonyl (C=O) groups is 1. The molecule has 94 valence electrons. The molecule has 0 unspecified atom stereocenters. The molecule has 1 aromatic rings. The Hall–Kier alpha value is -1.03. The highest BCUT2D eigenvalue weighted by atomic mass is 79.9. The van der Waals surface area contributed by atoms with Gasteiger partial charge in [0.1, 0.15) is 12.4 Å². The molecule has 0 heterocycles. The maximum atomic E-state index is 11.3. The zero-order valence-corrected chi connectivity index (χ0v) is 12.1. The molecule has 1 aromatic carbocycles. The van der Waals surface area contributed by atoms with Gasteiger partial charge in [-0.2, -0.15) is 0 Å². The molecule has 0 aliphatic carbocycles. The Morgan fingerprint density at radius 2 is 2.12 bits per heavy atom. The summed E-state index contributed by atoms with van der Waals surface area (Å²) in [6, 6.07) is 6.11. The summed E-state index contributed by atoms with van der Waals surface area (Å²) >= 11 is 3.14. The number of nitrogens with zero attached hydrogens (tertiary/aromatic N) is 1. The van der Waals surface area contributed by atoms with E-state index in [0.29, 0.717) is 18.5 Å². The lowest BCUT2D eigenvalue weighted by Crippen LogP contribution is -2.31. The van der Waals surface area contributed by atoms with Crippen molar-refractivity contribution in [1.29, 1.82) is 0 Å². The van der Waals surface area contributed by atoms with Gasteiger partial charge >= 0.3 is 0 Å². The standard InChI is InChI=1S/C13H18BrNO2/c1-10-4-5-11(2)12(8-10)17-7-6-15(3)13(16)9-14/h4-5,8H,6-7,9H2,1-3H3. The zero-order chi connectivity index (χ0) is 12.8. The summed E-state index contributed by atoms with van der Waals surface area (Å²) in [7, 11) is 1.77. The monoisotopic (exact) mass is 299 g/mol. The van der Waals surface area contributed by atoms with Crippen molar-refractivity contribution in [3.8, 4) is 5.75 Å². The van der Waals surface area contributed by atoms with Crippen LogP contribution in [-0.2, 0) is 4.79 Å². The van der Waals surface area contributed by atoms with Crippen molar-refractivity contribution in [3.63, 3.8) is 0 Å². The smallest absolute Gasteiger partial charge is 0.233 e. The van der Waals surface area contributed by atoms with Gasteiger partial charge in [-0.3, -0.25) is 4.79 Å². The summed E-state index contributed by atoms with van der Waals surface area (Å²) in [6.45, 7) is 5.16. The summed E-state index contributed by atoms with van der Waals surface area (Å²) in [5.41, 5.74) is 2.29. The van der Waals surface area contributed by atoms with Crippen LogP contribution < -0.4 is 4.74 Å². The van der Waals surface area contributed by atoms with Crippen LogP contribution in [0.3, 0.4) is 0 Å². The Morgan fingerprint density at radius 1 is 1.41 bits per heavy atom. The minimum Gasteiger partial charge on any atom is -0.491 e. The van der Waals surface area contributed by atoms with Crippen LogP contribution in [-0.4, -0.2) is 36.3 Å². The summed E-state index contributed by atoms with van der Waals surface area (Å²) in [5, 5.41) is 0.354. The van der Waals surface area contributed by atoms with Gasteiger partial charge in [-0.1, -0.05) is 28.1 Å². The van der Waals surface area contributed by atoms with Gasteiger partial charge in [0.2, 0.25) is 5.91 Å². The molecule has 0 spiro atoms. The van der Waals surface area contributed by atoms with Gasteiger partial charge in [-0.05, 0) is 31.0 Å². The van der Waals surface area contributed by atoms with E-state index in [1.807, 2.05) is 26.0 Å². The molecule has 0 fully saturated rings. The predicted molar refractivity (Wildman–Crippen MR) is 72.8 cm³/mol. The Labute approximate surface area is 111 Å². The van der Waals surface area contributed by atoms with Crippen molar-refractivity contribution >= 4 is 21.8 Å². The van der Waals surface area contributed by atoms with Crippen LogP contribution >= 0.6 is 15.9 Å². The third-order valence-electron chi connectivity index (χ3n) is 2.57. The minimum absolute atomic E-state index is 0.0644. The summed E-state index contributed by atoms with van der Waals surface area (Å²) in [6.07, 6.45) is 0. The number of likely N-dealkylation sites (N-methyl/N-ethyl adjacent to an activating group) is 1. The van der Waals surface area contributed by atoms with Gasteiger partial charge < -0.3 is 9.64 Å². The van der Waals surface area contributed by atoms with E-state index in [2.05, 4.69) is 22.0 Å². The average molecular weight is 300 g/mol. The maximum absolute atomic E-state index is 11.3. The van der Waals surface area contributed by atoms with Crippen LogP contribution in [0.25, 0.3) is 0 Å². The fourth-order valence-corrected chi connectivity index (χ4v) is 1.81. The first-order chi connectivity index (χ1) is 8.04. The quantitative estimate of drug-likeness (QED) is 0.782. The molecule has 0 saturated carbocycles. The molecule has 0 radical (unpaired) electrons. The van der Waals surface area contributed by atoms with E-state index in [-0.39, 0.29) is 5.91 Å². The van der Waals surface area contributed by atoms with Crippen LogP contribution in [0.4, 0.5) is 0 Å². The predicted octanol–water partition coefficient (Wildman–Crippen LogP) is 2.54. The molecule has 0 aromatic heterocycles. The largest absolute Gasteiger partial charge is 0.491 e. The second-order valence-electron chi connectivity index (χ2n) is 4.07. The minimum atomic E-state index is 0.0644. The van der Waals surface area contributed by atoms with E-state index in [1.54, 1.807) is 11.9 Å². The molecule has 17 heavy (non-hydrogen) atoms. The third kappa shape index (κ3) is 4.38. The van der Waals surface area contributed by atoms with E-state index in [1.165, 1.54) is 5.56 Å². The fourth-order valence-electron chi connectivity index (χ4n) is 1.38. The molecular formula is C13H18BrNO2. The molecule has 0 aliphatic rings. The number of ether oxygens (including phenoxy) is 1. The van der Waals surface area contributed by atoms with E-state index < -0.39 is 0 Å². The van der Waals surface area contributed by atoms with E-state index in [0.717, 1.165) is 11.3 Å². The Bertz CT molecular complexity index is 393. The lowest BCUT2D eigenvalue weighted by molar-refractivity contribution is -0.127. The average Bonchev–Trinajstić information content (AvgIpc) is 2.32. The number of benzene rings is 1. The topological polar surface area (TPSA) is 29.5 Å². The number of aryl methyl sites for hydroxylation is 2. The molecule has 3 nitrogen and oxygen atoms in total. The van der Waals surface area contributed by atoms with Crippen molar-refractivity contribution in [2.45, 2.75) is 13.8 Å². The van der Waals surface area contributed by atoms with E-state index in [9.17, 15) is 4.79 Å². The highest BCUT2D eigenvalue weighted by Gasteiger charge is 2.06. The fraction of sp³-hybridized carbons (Fsp3) is 0.462. The van der Waals surface area contributed by atoms with Crippen LogP contribution in [0.5, 0.6) is 5.75 Å². The van der Waals surface area contributed by atoms with Gasteiger partial charge in [-0.25, -0.2) is 0 Å². The van der Waals surface area contributed by atoms with E-state index in [4.69, 9.17) is 4.74 Å². The van der Waals surface area contributed by atoms with Crippen LogP contribution in [0.1, 0.15) is 11.1 Å². The van der Waals surface area contributed by atoms with Crippen molar-refractivity contribution in [2.75, 3.05) is 25.5 Å². The maximum Gasteiger partial charge on any atom is 0.233 e. The van der Waals surface area contributed by atoms with Gasteiger partial charge in [0.05, 0.1) is 11.9 Å². The molecule has 1 amide bonds. The molecule has 0 saturated heterocycles. The number of hydrogen-bond acceptors (Lipinski definition) is 2. The Morgan fingerprint density at radius 3 is 2.76 bits per heavy atom. The number of alkyl halides is 1. The van der Waals surface area contributed by atoms with Crippen molar-refractivity contribution in [3.05, 3.63) is 29.3 Å². The molecule has 0 aliphatic heterocycles. The van der Waals surface area contributed by atoms with Gasteiger partial charge in [-0.15, -0.1) is 0 Å². The SMILES string of the molecule is Cc1ccc(C)c(OCCN(C)C(=O)CBr)c1. The van der Waals surface area contributed by atoms with Gasteiger partial charge in [0.15, 0.2) is 0 Å². The van der Waals surface area contributed by atoms with Crippen molar-refractivity contribution in [1.82, 2.24) is 4.90 Å². The summed E-state index contributed by atoms with van der Waals surface area (Å²) in [4.78, 5) is 13.0. The first kappa shape index (κ1) is 14.0. The van der Waals surface area contributed by atoms with Crippen LogP contribution in [0.15, 0.2) is 18.2 Å². The highest BCUT2D eigenvalue weighted by Crippen LogP contribution is 2.18. The number of halogens is 1. The first-order valence-corrected chi connectivity index (χ1v) is 6.66. The zero-order valence-electron chi connectivity index (χ0n) is 10.5. The Balaban J connectivity index is 2.45. The first-order valence-electron chi connectivity index (χ1n) is 5.54. The van der Waals surface area contributed by atoms with Crippen molar-refractivity contribution in [2.24, 2.45) is 0 Å². The van der Waals surface area contributed by atoms with Crippen molar-refractivity contribution < 1.29 is 9.53 Å². The molecule has 1 rings (SSSR count). The highest BCUT2D eigenvalue weighted by molar-refractivity contribution is 9.09.